The van der Waals surface area contributed by atoms with Gasteiger partial charge in [-0.2, -0.15) is 0 Å². The second-order valence-corrected chi connectivity index (χ2v) is 2.87. The lowest BCUT2D eigenvalue weighted by molar-refractivity contribution is 0.320. The van der Waals surface area contributed by atoms with E-state index in [0.717, 1.165) is 5.52 Å². The van der Waals surface area contributed by atoms with E-state index in [1.807, 2.05) is 13.0 Å². The Labute approximate surface area is 80.1 Å². The summed E-state index contributed by atoms with van der Waals surface area (Å²) in [5.41, 5.74) is 0.855. The van der Waals surface area contributed by atoms with Gasteiger partial charge in [0.25, 0.3) is 0 Å². The van der Waals surface area contributed by atoms with E-state index in [9.17, 15) is 0 Å². The molecule has 0 spiro atoms. The minimum atomic E-state index is 0.432. The van der Waals surface area contributed by atoms with E-state index in [0.29, 0.717) is 17.6 Å². The van der Waals surface area contributed by atoms with Crippen LogP contribution in [0.15, 0.2) is 18.2 Å². The molecule has 0 fully saturated rings. The fraction of sp³-hybridized carbons (Fsp3) is 0.250. The molecule has 4 nitrogen and oxygen atoms in total. The number of aromatic nitrogens is 3. The third-order valence-corrected chi connectivity index (χ3v) is 1.76. The van der Waals surface area contributed by atoms with Crippen molar-refractivity contribution in [2.24, 2.45) is 0 Å². The highest BCUT2D eigenvalue weighted by Gasteiger charge is 2.01. The topological polar surface area (TPSA) is 39.4 Å². The molecule has 0 aliphatic rings. The van der Waals surface area contributed by atoms with E-state index in [1.165, 1.54) is 4.63 Å². The first-order valence-electron chi connectivity index (χ1n) is 3.95. The van der Waals surface area contributed by atoms with Crippen molar-refractivity contribution in [1.82, 2.24) is 14.8 Å². The van der Waals surface area contributed by atoms with Gasteiger partial charge in [-0.05, 0) is 13.0 Å². The second-order valence-electron chi connectivity index (χ2n) is 2.49. The van der Waals surface area contributed by atoms with Gasteiger partial charge in [0, 0.05) is 12.1 Å². The van der Waals surface area contributed by atoms with E-state index in [4.69, 9.17) is 16.3 Å². The molecule has 2 heterocycles. The standard InChI is InChI=1S/C8H8ClN3O/c1-2-13-8-4-3-6-5-7(9)10-12(6)11-8/h3-5H,2H2,1H3. The summed E-state index contributed by atoms with van der Waals surface area (Å²) in [6.45, 7) is 2.50. The van der Waals surface area contributed by atoms with Crippen LogP contribution in [0, 0.1) is 0 Å². The monoisotopic (exact) mass is 197 g/mol. The molecule has 2 aromatic heterocycles. The van der Waals surface area contributed by atoms with Gasteiger partial charge in [0.15, 0.2) is 5.15 Å². The SMILES string of the molecule is CCOc1ccc2cc(Cl)nn2n1. The summed E-state index contributed by atoms with van der Waals surface area (Å²) in [4.78, 5) is 0. The Morgan fingerprint density at radius 2 is 2.31 bits per heavy atom. The Kier molecular flexibility index (Phi) is 2.06. The normalized spacial score (nSPS) is 10.6. The van der Waals surface area contributed by atoms with Gasteiger partial charge in [-0.3, -0.25) is 0 Å². The molecule has 0 bridgehead atoms. The van der Waals surface area contributed by atoms with Crippen LogP contribution in [0.3, 0.4) is 0 Å². The van der Waals surface area contributed by atoms with Crippen molar-refractivity contribution >= 4 is 17.1 Å². The van der Waals surface area contributed by atoms with E-state index in [2.05, 4.69) is 10.2 Å². The van der Waals surface area contributed by atoms with Crippen molar-refractivity contribution in [3.63, 3.8) is 0 Å². The first-order valence-corrected chi connectivity index (χ1v) is 4.33. The smallest absolute Gasteiger partial charge is 0.233 e. The average molecular weight is 198 g/mol. The van der Waals surface area contributed by atoms with Crippen LogP contribution >= 0.6 is 11.6 Å². The van der Waals surface area contributed by atoms with Crippen molar-refractivity contribution in [3.05, 3.63) is 23.4 Å². The van der Waals surface area contributed by atoms with Crippen molar-refractivity contribution < 1.29 is 4.74 Å². The van der Waals surface area contributed by atoms with Crippen LogP contribution in [0.4, 0.5) is 0 Å². The van der Waals surface area contributed by atoms with Crippen molar-refractivity contribution in [2.75, 3.05) is 6.61 Å². The Balaban J connectivity index is 2.48. The molecule has 0 saturated carbocycles. The maximum Gasteiger partial charge on any atom is 0.233 e. The van der Waals surface area contributed by atoms with Gasteiger partial charge in [0.1, 0.15) is 0 Å². The molecule has 0 atom stereocenters. The van der Waals surface area contributed by atoms with Gasteiger partial charge in [-0.1, -0.05) is 11.6 Å². The van der Waals surface area contributed by atoms with E-state index < -0.39 is 0 Å². The zero-order valence-corrected chi connectivity index (χ0v) is 7.82. The lowest BCUT2D eigenvalue weighted by Gasteiger charge is -2.00. The summed E-state index contributed by atoms with van der Waals surface area (Å²) in [7, 11) is 0. The first-order chi connectivity index (χ1) is 6.29. The van der Waals surface area contributed by atoms with Crippen LogP contribution in [0.5, 0.6) is 5.88 Å². The summed E-state index contributed by atoms with van der Waals surface area (Å²) in [6.07, 6.45) is 0. The Morgan fingerprint density at radius 3 is 3.08 bits per heavy atom. The lowest BCUT2D eigenvalue weighted by Crippen LogP contribution is -1.99. The Bertz CT molecular complexity index is 426. The third-order valence-electron chi connectivity index (χ3n) is 1.57. The quantitative estimate of drug-likeness (QED) is 0.737. The fourth-order valence-corrected chi connectivity index (χ4v) is 1.24. The van der Waals surface area contributed by atoms with Gasteiger partial charge in [-0.25, -0.2) is 0 Å². The highest BCUT2D eigenvalue weighted by Crippen LogP contribution is 2.12. The molecular weight excluding hydrogens is 190 g/mol. The number of nitrogens with zero attached hydrogens (tertiary/aromatic N) is 3. The first kappa shape index (κ1) is 8.31. The molecule has 0 unspecified atom stereocenters. The number of fused-ring (bicyclic) bond motifs is 1. The number of hydrogen-bond acceptors (Lipinski definition) is 3. The molecule has 2 rings (SSSR count). The summed E-state index contributed by atoms with van der Waals surface area (Å²) >= 11 is 5.70. The molecule has 2 aromatic rings. The lowest BCUT2D eigenvalue weighted by atomic mass is 10.4. The largest absolute Gasteiger partial charge is 0.477 e. The number of ether oxygens (including phenoxy) is 1. The summed E-state index contributed by atoms with van der Waals surface area (Å²) < 4.78 is 6.66. The van der Waals surface area contributed by atoms with Crippen LogP contribution in [0.1, 0.15) is 6.92 Å². The zero-order valence-electron chi connectivity index (χ0n) is 7.07. The van der Waals surface area contributed by atoms with Gasteiger partial charge >= 0.3 is 0 Å². The molecule has 5 heteroatoms. The molecule has 0 aliphatic carbocycles. The fourth-order valence-electron chi connectivity index (χ4n) is 1.06. The van der Waals surface area contributed by atoms with E-state index in [1.54, 1.807) is 12.1 Å². The second kappa shape index (κ2) is 3.22. The molecular formula is C8H8ClN3O. The molecule has 0 amide bonds. The molecule has 0 saturated heterocycles. The molecule has 13 heavy (non-hydrogen) atoms. The summed E-state index contributed by atoms with van der Waals surface area (Å²) in [6, 6.07) is 5.39. The van der Waals surface area contributed by atoms with Crippen LogP contribution in [0.2, 0.25) is 5.15 Å². The maximum absolute atomic E-state index is 5.70. The highest BCUT2D eigenvalue weighted by molar-refractivity contribution is 6.29. The molecule has 0 aliphatic heterocycles. The van der Waals surface area contributed by atoms with Crippen LogP contribution in [-0.4, -0.2) is 21.4 Å². The van der Waals surface area contributed by atoms with Gasteiger partial charge in [0.2, 0.25) is 5.88 Å². The molecule has 0 N–H and O–H groups in total. The molecule has 0 aromatic carbocycles. The highest BCUT2D eigenvalue weighted by atomic mass is 35.5. The van der Waals surface area contributed by atoms with Crippen molar-refractivity contribution in [3.8, 4) is 5.88 Å². The zero-order chi connectivity index (χ0) is 9.26. The number of hydrogen-bond donors (Lipinski definition) is 0. The van der Waals surface area contributed by atoms with Crippen LogP contribution in [0.25, 0.3) is 5.52 Å². The Morgan fingerprint density at radius 1 is 1.46 bits per heavy atom. The van der Waals surface area contributed by atoms with E-state index >= 15 is 0 Å². The van der Waals surface area contributed by atoms with Gasteiger partial charge < -0.3 is 4.74 Å². The predicted molar refractivity (Wildman–Crippen MR) is 49.2 cm³/mol. The van der Waals surface area contributed by atoms with E-state index in [-0.39, 0.29) is 0 Å². The average Bonchev–Trinajstić information content (AvgIpc) is 2.44. The van der Waals surface area contributed by atoms with Gasteiger partial charge in [-0.15, -0.1) is 14.8 Å². The summed E-state index contributed by atoms with van der Waals surface area (Å²) in [5.74, 6) is 0.551. The number of rotatable bonds is 2. The van der Waals surface area contributed by atoms with Crippen molar-refractivity contribution in [2.45, 2.75) is 6.92 Å². The maximum atomic E-state index is 5.70. The third kappa shape index (κ3) is 1.58. The van der Waals surface area contributed by atoms with Gasteiger partial charge in [0.05, 0.1) is 12.1 Å². The number of halogens is 1. The minimum Gasteiger partial charge on any atom is -0.477 e. The predicted octanol–water partition coefficient (Wildman–Crippen LogP) is 1.78. The van der Waals surface area contributed by atoms with Crippen molar-refractivity contribution in [1.29, 1.82) is 0 Å². The molecule has 0 radical (unpaired) electrons. The molecule has 68 valence electrons. The Hall–Kier alpha value is -1.29. The summed E-state index contributed by atoms with van der Waals surface area (Å²) in [5, 5.41) is 8.46. The van der Waals surface area contributed by atoms with Crippen LogP contribution in [-0.2, 0) is 0 Å². The minimum absolute atomic E-state index is 0.432. The van der Waals surface area contributed by atoms with Crippen LogP contribution < -0.4 is 4.74 Å².